The Labute approximate surface area is 105 Å². The third-order valence-corrected chi connectivity index (χ3v) is 2.66. The van der Waals surface area contributed by atoms with Gasteiger partial charge in [-0.25, -0.2) is 4.39 Å². The third-order valence-electron chi connectivity index (χ3n) is 2.66. The summed E-state index contributed by atoms with van der Waals surface area (Å²) in [5.41, 5.74) is 6.20. The van der Waals surface area contributed by atoms with E-state index in [1.165, 1.54) is 17.9 Å². The zero-order valence-electron chi connectivity index (χ0n) is 10.2. The largest absolute Gasteiger partial charge is 0.398 e. The smallest absolute Gasteiger partial charge is 0.254 e. The zero-order chi connectivity index (χ0) is 13.7. The molecular formula is C12H17FN2O3. The van der Waals surface area contributed by atoms with Crippen LogP contribution < -0.4 is 5.73 Å². The number of nitrogens with two attached hydrogens (primary N) is 1. The van der Waals surface area contributed by atoms with Crippen LogP contribution in [0.15, 0.2) is 12.1 Å². The van der Waals surface area contributed by atoms with Crippen molar-refractivity contribution < 1.29 is 19.4 Å². The number of aliphatic hydroxyl groups excluding tert-OH is 2. The molecule has 0 aliphatic heterocycles. The van der Waals surface area contributed by atoms with Crippen molar-refractivity contribution in [3.63, 3.8) is 0 Å². The van der Waals surface area contributed by atoms with Crippen LogP contribution in [-0.4, -0.2) is 47.3 Å². The fraction of sp³-hybridized carbons (Fsp3) is 0.417. The van der Waals surface area contributed by atoms with Crippen molar-refractivity contribution in [3.8, 4) is 0 Å². The zero-order valence-corrected chi connectivity index (χ0v) is 10.2. The number of carbonyl (C=O) groups is 1. The van der Waals surface area contributed by atoms with Crippen LogP contribution in [0.4, 0.5) is 10.1 Å². The molecule has 0 saturated carbocycles. The van der Waals surface area contributed by atoms with Crippen LogP contribution in [0.1, 0.15) is 15.9 Å². The first kappa shape index (κ1) is 14.4. The van der Waals surface area contributed by atoms with Crippen LogP contribution in [0.2, 0.25) is 0 Å². The second kappa shape index (κ2) is 6.32. The number of carbonyl (C=O) groups excluding carboxylic acids is 1. The topological polar surface area (TPSA) is 86.8 Å². The summed E-state index contributed by atoms with van der Waals surface area (Å²) in [5, 5.41) is 17.7. The first-order chi connectivity index (χ1) is 8.51. The number of nitrogen functional groups attached to an aromatic ring is 1. The van der Waals surface area contributed by atoms with Crippen LogP contribution in [0.5, 0.6) is 0 Å². The molecule has 0 atom stereocenters. The fourth-order valence-electron chi connectivity index (χ4n) is 1.56. The average molecular weight is 256 g/mol. The molecule has 0 saturated heterocycles. The monoisotopic (exact) mass is 256 g/mol. The van der Waals surface area contributed by atoms with Gasteiger partial charge in [-0.2, -0.15) is 0 Å². The van der Waals surface area contributed by atoms with E-state index in [0.717, 1.165) is 6.07 Å². The van der Waals surface area contributed by atoms with Gasteiger partial charge in [0.2, 0.25) is 0 Å². The first-order valence-corrected chi connectivity index (χ1v) is 5.57. The molecule has 1 aromatic rings. The quantitative estimate of drug-likeness (QED) is 0.654. The summed E-state index contributed by atoms with van der Waals surface area (Å²) in [6, 6.07) is 2.50. The molecule has 1 amide bonds. The summed E-state index contributed by atoms with van der Waals surface area (Å²) in [5.74, 6) is -1.02. The van der Waals surface area contributed by atoms with Gasteiger partial charge in [0.25, 0.3) is 5.91 Å². The van der Waals surface area contributed by atoms with Crippen LogP contribution in [-0.2, 0) is 0 Å². The number of amides is 1. The summed E-state index contributed by atoms with van der Waals surface area (Å²) in [7, 11) is 0. The molecule has 0 unspecified atom stereocenters. The van der Waals surface area contributed by atoms with E-state index in [1.54, 1.807) is 0 Å². The molecule has 18 heavy (non-hydrogen) atoms. The minimum absolute atomic E-state index is 0.0782. The minimum Gasteiger partial charge on any atom is -0.398 e. The lowest BCUT2D eigenvalue weighted by Gasteiger charge is -2.21. The van der Waals surface area contributed by atoms with E-state index in [-0.39, 0.29) is 37.6 Å². The number of anilines is 1. The summed E-state index contributed by atoms with van der Waals surface area (Å²) in [4.78, 5) is 13.3. The second-order valence-electron chi connectivity index (χ2n) is 3.91. The number of halogens is 1. The number of hydrogen-bond donors (Lipinski definition) is 3. The number of rotatable bonds is 5. The van der Waals surface area contributed by atoms with Crippen molar-refractivity contribution in [1.82, 2.24) is 4.90 Å². The Hall–Kier alpha value is -1.66. The lowest BCUT2D eigenvalue weighted by Crippen LogP contribution is -2.36. The van der Waals surface area contributed by atoms with Gasteiger partial charge >= 0.3 is 0 Å². The van der Waals surface area contributed by atoms with Gasteiger partial charge in [0.05, 0.1) is 13.2 Å². The highest BCUT2D eigenvalue weighted by Gasteiger charge is 2.17. The third kappa shape index (κ3) is 3.18. The summed E-state index contributed by atoms with van der Waals surface area (Å²) >= 11 is 0. The molecule has 5 nitrogen and oxygen atoms in total. The predicted molar refractivity (Wildman–Crippen MR) is 65.6 cm³/mol. The van der Waals surface area contributed by atoms with Gasteiger partial charge < -0.3 is 20.8 Å². The Balaban J connectivity index is 3.01. The molecular weight excluding hydrogens is 239 g/mol. The van der Waals surface area contributed by atoms with Crippen molar-refractivity contribution >= 4 is 11.6 Å². The Morgan fingerprint density at radius 1 is 1.33 bits per heavy atom. The van der Waals surface area contributed by atoms with Gasteiger partial charge in [0.1, 0.15) is 5.82 Å². The van der Waals surface area contributed by atoms with Gasteiger partial charge in [-0.3, -0.25) is 4.79 Å². The van der Waals surface area contributed by atoms with E-state index >= 15 is 0 Å². The van der Waals surface area contributed by atoms with Crippen LogP contribution in [0, 0.1) is 12.7 Å². The van der Waals surface area contributed by atoms with Crippen molar-refractivity contribution in [3.05, 3.63) is 29.1 Å². The lowest BCUT2D eigenvalue weighted by molar-refractivity contribution is 0.0684. The van der Waals surface area contributed by atoms with E-state index in [0.29, 0.717) is 5.56 Å². The summed E-state index contributed by atoms with van der Waals surface area (Å²) in [6.07, 6.45) is 0. The highest BCUT2D eigenvalue weighted by Crippen LogP contribution is 2.18. The van der Waals surface area contributed by atoms with Crippen LogP contribution in [0.25, 0.3) is 0 Å². The molecule has 1 rings (SSSR count). The Morgan fingerprint density at radius 3 is 2.33 bits per heavy atom. The molecule has 100 valence electrons. The van der Waals surface area contributed by atoms with Crippen molar-refractivity contribution in [2.24, 2.45) is 0 Å². The maximum absolute atomic E-state index is 13.5. The second-order valence-corrected chi connectivity index (χ2v) is 3.91. The van der Waals surface area contributed by atoms with E-state index < -0.39 is 11.7 Å². The van der Waals surface area contributed by atoms with Gasteiger partial charge in [-0.1, -0.05) is 0 Å². The van der Waals surface area contributed by atoms with Crippen LogP contribution >= 0.6 is 0 Å². The predicted octanol–water partition coefficient (Wildman–Crippen LogP) is 0.143. The Morgan fingerprint density at radius 2 is 1.89 bits per heavy atom. The molecule has 0 heterocycles. The lowest BCUT2D eigenvalue weighted by atomic mass is 10.1. The van der Waals surface area contributed by atoms with Crippen LogP contribution in [0.3, 0.4) is 0 Å². The first-order valence-electron chi connectivity index (χ1n) is 5.57. The van der Waals surface area contributed by atoms with Gasteiger partial charge in [-0.15, -0.1) is 0 Å². The van der Waals surface area contributed by atoms with Crippen molar-refractivity contribution in [2.75, 3.05) is 32.0 Å². The summed E-state index contributed by atoms with van der Waals surface area (Å²) < 4.78 is 13.5. The van der Waals surface area contributed by atoms with E-state index in [9.17, 15) is 9.18 Å². The molecule has 1 aromatic carbocycles. The molecule has 6 heteroatoms. The van der Waals surface area contributed by atoms with E-state index in [4.69, 9.17) is 15.9 Å². The SMILES string of the molecule is Cc1c(N)cc(C(=O)N(CCO)CCO)cc1F. The van der Waals surface area contributed by atoms with Gasteiger partial charge in [0, 0.05) is 29.9 Å². The number of aliphatic hydroxyl groups is 2. The molecule has 0 aliphatic carbocycles. The van der Waals surface area contributed by atoms with Gasteiger partial charge in [-0.05, 0) is 19.1 Å². The molecule has 0 fully saturated rings. The molecule has 0 aromatic heterocycles. The molecule has 0 aliphatic rings. The minimum atomic E-state index is -0.550. The molecule has 0 bridgehead atoms. The molecule has 4 N–H and O–H groups in total. The van der Waals surface area contributed by atoms with Gasteiger partial charge in [0.15, 0.2) is 0 Å². The Kier molecular flexibility index (Phi) is 5.06. The fourth-order valence-corrected chi connectivity index (χ4v) is 1.56. The van der Waals surface area contributed by atoms with Crippen molar-refractivity contribution in [1.29, 1.82) is 0 Å². The normalized spacial score (nSPS) is 10.4. The van der Waals surface area contributed by atoms with E-state index in [1.807, 2.05) is 0 Å². The average Bonchev–Trinajstić information content (AvgIpc) is 2.34. The molecule has 0 radical (unpaired) electrons. The Bertz CT molecular complexity index is 408. The maximum atomic E-state index is 13.5. The standard InChI is InChI=1S/C12H17FN2O3/c1-8-10(13)6-9(7-11(8)14)12(18)15(2-4-16)3-5-17/h6-7,16-17H,2-5,14H2,1H3. The van der Waals surface area contributed by atoms with E-state index in [2.05, 4.69) is 0 Å². The molecule has 0 spiro atoms. The number of hydrogen-bond acceptors (Lipinski definition) is 4. The highest BCUT2D eigenvalue weighted by atomic mass is 19.1. The number of benzene rings is 1. The highest BCUT2D eigenvalue weighted by molar-refractivity contribution is 5.95. The number of nitrogens with zero attached hydrogens (tertiary/aromatic N) is 1. The van der Waals surface area contributed by atoms with Crippen molar-refractivity contribution in [2.45, 2.75) is 6.92 Å². The summed E-state index contributed by atoms with van der Waals surface area (Å²) in [6.45, 7) is 1.23. The maximum Gasteiger partial charge on any atom is 0.254 e.